The minimum absolute atomic E-state index is 0.254. The molecule has 0 saturated heterocycles. The van der Waals surface area contributed by atoms with Gasteiger partial charge in [0.2, 0.25) is 0 Å². The van der Waals surface area contributed by atoms with Gasteiger partial charge in [-0.25, -0.2) is 4.79 Å². The summed E-state index contributed by atoms with van der Waals surface area (Å²) in [5, 5.41) is 8.81. The summed E-state index contributed by atoms with van der Waals surface area (Å²) in [6.45, 7) is 4.23. The zero-order valence-electron chi connectivity index (χ0n) is 11.9. The Kier molecular flexibility index (Phi) is 5.78. The number of allylic oxidation sites excluding steroid dienone is 1. The van der Waals surface area contributed by atoms with E-state index in [-0.39, 0.29) is 12.0 Å². The van der Waals surface area contributed by atoms with E-state index < -0.39 is 0 Å². The number of thiophene rings is 1. The lowest BCUT2D eigenvalue weighted by Gasteiger charge is -2.30. The molecule has 1 aliphatic rings. The van der Waals surface area contributed by atoms with Crippen LogP contribution < -0.4 is 10.6 Å². The van der Waals surface area contributed by atoms with E-state index in [0.29, 0.717) is 17.3 Å². The predicted octanol–water partition coefficient (Wildman–Crippen LogP) is 3.65. The maximum absolute atomic E-state index is 12.4. The number of esters is 1. The molecule has 1 aromatic rings. The van der Waals surface area contributed by atoms with Crippen LogP contribution in [0.5, 0.6) is 0 Å². The van der Waals surface area contributed by atoms with E-state index in [4.69, 9.17) is 17.0 Å². The van der Waals surface area contributed by atoms with Crippen LogP contribution in [0.2, 0.25) is 0 Å². The van der Waals surface area contributed by atoms with Crippen LogP contribution in [0.25, 0.3) is 0 Å². The monoisotopic (exact) mass is 388 g/mol. The van der Waals surface area contributed by atoms with Crippen molar-refractivity contribution in [2.45, 2.75) is 32.7 Å². The average Bonchev–Trinajstić information content (AvgIpc) is 2.85. The van der Waals surface area contributed by atoms with E-state index in [0.717, 1.165) is 27.9 Å². The maximum atomic E-state index is 12.4. The van der Waals surface area contributed by atoms with Gasteiger partial charge < -0.3 is 15.4 Å². The first-order chi connectivity index (χ1) is 10.1. The summed E-state index contributed by atoms with van der Waals surface area (Å²) < 4.78 is 6.22. The molecule has 0 unspecified atom stereocenters. The maximum Gasteiger partial charge on any atom is 0.338 e. The number of carbonyl (C=O) groups excluding carboxylic acids is 1. The molecule has 21 heavy (non-hydrogen) atoms. The minimum Gasteiger partial charge on any atom is -0.463 e. The van der Waals surface area contributed by atoms with Crippen molar-refractivity contribution >= 4 is 50.6 Å². The van der Waals surface area contributed by atoms with Gasteiger partial charge in [-0.05, 0) is 47.6 Å². The van der Waals surface area contributed by atoms with Gasteiger partial charge in [-0.2, -0.15) is 0 Å². The summed E-state index contributed by atoms with van der Waals surface area (Å²) in [4.78, 5) is 13.4. The minimum atomic E-state index is -0.294. The number of hydrogen-bond acceptors (Lipinski definition) is 4. The largest absolute Gasteiger partial charge is 0.463 e. The number of nitrogens with one attached hydrogen (secondary N) is 2. The third-order valence-electron chi connectivity index (χ3n) is 3.02. The third kappa shape index (κ3) is 3.84. The molecule has 2 N–H and O–H groups in total. The summed E-state index contributed by atoms with van der Waals surface area (Å²) in [6.07, 6.45) is 1.69. The van der Waals surface area contributed by atoms with Crippen molar-refractivity contribution in [1.82, 2.24) is 10.6 Å². The molecule has 0 amide bonds. The van der Waals surface area contributed by atoms with E-state index in [2.05, 4.69) is 33.5 Å². The number of hydrogen-bond donors (Lipinski definition) is 2. The van der Waals surface area contributed by atoms with E-state index in [1.165, 1.54) is 0 Å². The molecule has 2 heterocycles. The topological polar surface area (TPSA) is 50.4 Å². The van der Waals surface area contributed by atoms with Gasteiger partial charge in [-0.1, -0.05) is 13.3 Å². The summed E-state index contributed by atoms with van der Waals surface area (Å²) in [5.41, 5.74) is 1.48. The Morgan fingerprint density at radius 3 is 2.86 bits per heavy atom. The van der Waals surface area contributed by atoms with Crippen LogP contribution in [0.15, 0.2) is 27.2 Å². The van der Waals surface area contributed by atoms with Crippen molar-refractivity contribution in [3.63, 3.8) is 0 Å². The highest BCUT2D eigenvalue weighted by molar-refractivity contribution is 9.10. The molecule has 0 saturated carbocycles. The van der Waals surface area contributed by atoms with Gasteiger partial charge in [0.15, 0.2) is 5.11 Å². The van der Waals surface area contributed by atoms with Crippen LogP contribution in [-0.4, -0.2) is 17.7 Å². The number of thiocarbonyl (C=S) groups is 1. The first-order valence-electron chi connectivity index (χ1n) is 6.78. The van der Waals surface area contributed by atoms with Crippen molar-refractivity contribution in [3.8, 4) is 0 Å². The van der Waals surface area contributed by atoms with Crippen molar-refractivity contribution in [2.75, 3.05) is 6.61 Å². The lowest BCUT2D eigenvalue weighted by Crippen LogP contribution is -2.45. The lowest BCUT2D eigenvalue weighted by molar-refractivity contribution is -0.139. The Morgan fingerprint density at radius 2 is 2.29 bits per heavy atom. The van der Waals surface area contributed by atoms with Gasteiger partial charge in [0, 0.05) is 20.4 Å². The van der Waals surface area contributed by atoms with Crippen molar-refractivity contribution in [1.29, 1.82) is 0 Å². The van der Waals surface area contributed by atoms with Crippen LogP contribution in [0.3, 0.4) is 0 Å². The van der Waals surface area contributed by atoms with Crippen LogP contribution in [0, 0.1) is 0 Å². The standard InChI is InChI=1S/C14H17BrN2O2S2/c1-3-5-9-11(13(18)19-4-2)12(17-14(20)16-9)10-6-8(15)7-21-10/h6-7,12H,3-5H2,1-2H3,(H2,16,17,20)/t12-/m0/s1. The number of carbonyl (C=O) groups is 1. The van der Waals surface area contributed by atoms with Crippen molar-refractivity contribution in [3.05, 3.63) is 32.1 Å². The number of rotatable bonds is 5. The fraction of sp³-hybridized carbons (Fsp3) is 0.429. The summed E-state index contributed by atoms with van der Waals surface area (Å²) in [7, 11) is 0. The average molecular weight is 389 g/mol. The van der Waals surface area contributed by atoms with Gasteiger partial charge in [-0.15, -0.1) is 11.3 Å². The second-order valence-electron chi connectivity index (χ2n) is 4.56. The molecule has 2 rings (SSSR count). The van der Waals surface area contributed by atoms with Gasteiger partial charge in [0.1, 0.15) is 0 Å². The normalized spacial score (nSPS) is 18.2. The number of halogens is 1. The lowest BCUT2D eigenvalue weighted by atomic mass is 9.99. The van der Waals surface area contributed by atoms with Crippen LogP contribution in [0.4, 0.5) is 0 Å². The van der Waals surface area contributed by atoms with Gasteiger partial charge in [0.25, 0.3) is 0 Å². The highest BCUT2D eigenvalue weighted by Crippen LogP contribution is 2.34. The number of ether oxygens (including phenoxy) is 1. The van der Waals surface area contributed by atoms with Crippen LogP contribution in [0.1, 0.15) is 37.6 Å². The molecule has 0 radical (unpaired) electrons. The highest BCUT2D eigenvalue weighted by atomic mass is 79.9. The molecule has 0 spiro atoms. The Balaban J connectivity index is 2.45. The Morgan fingerprint density at radius 1 is 1.52 bits per heavy atom. The van der Waals surface area contributed by atoms with Gasteiger partial charge in [-0.3, -0.25) is 0 Å². The molecule has 1 atom stereocenters. The smallest absolute Gasteiger partial charge is 0.338 e. The van der Waals surface area contributed by atoms with Crippen molar-refractivity contribution in [2.24, 2.45) is 0 Å². The Hall–Kier alpha value is -0.920. The molecular weight excluding hydrogens is 372 g/mol. The highest BCUT2D eigenvalue weighted by Gasteiger charge is 2.32. The summed E-state index contributed by atoms with van der Waals surface area (Å²) in [5.74, 6) is -0.294. The van der Waals surface area contributed by atoms with Gasteiger partial charge in [0.05, 0.1) is 18.2 Å². The van der Waals surface area contributed by atoms with E-state index >= 15 is 0 Å². The molecule has 114 valence electrons. The molecule has 0 aliphatic carbocycles. The SMILES string of the molecule is CCCC1=C(C(=O)OCC)[C@H](c2cc(Br)cs2)NC(=S)N1. The van der Waals surface area contributed by atoms with Crippen molar-refractivity contribution < 1.29 is 9.53 Å². The molecule has 0 aromatic carbocycles. The molecule has 4 nitrogen and oxygen atoms in total. The second-order valence-corrected chi connectivity index (χ2v) is 6.83. The molecule has 1 aromatic heterocycles. The Labute approximate surface area is 142 Å². The zero-order chi connectivity index (χ0) is 15.4. The zero-order valence-corrected chi connectivity index (χ0v) is 15.1. The van der Waals surface area contributed by atoms with Crippen LogP contribution in [-0.2, 0) is 9.53 Å². The van der Waals surface area contributed by atoms with Crippen LogP contribution >= 0.6 is 39.5 Å². The fourth-order valence-corrected chi connectivity index (χ4v) is 3.95. The quantitative estimate of drug-likeness (QED) is 0.595. The first-order valence-corrected chi connectivity index (χ1v) is 8.86. The van der Waals surface area contributed by atoms with E-state index in [1.807, 2.05) is 18.4 Å². The molecule has 1 aliphatic heterocycles. The molecule has 7 heteroatoms. The second kappa shape index (κ2) is 7.38. The fourth-order valence-electron chi connectivity index (χ4n) is 2.21. The predicted molar refractivity (Wildman–Crippen MR) is 92.2 cm³/mol. The molecule has 0 bridgehead atoms. The van der Waals surface area contributed by atoms with E-state index in [9.17, 15) is 4.79 Å². The summed E-state index contributed by atoms with van der Waals surface area (Å²) in [6, 6.07) is 1.75. The van der Waals surface area contributed by atoms with E-state index in [1.54, 1.807) is 11.3 Å². The third-order valence-corrected chi connectivity index (χ3v) is 5.00. The molecule has 0 fully saturated rings. The molecular formula is C14H17BrN2O2S2. The van der Waals surface area contributed by atoms with Gasteiger partial charge >= 0.3 is 5.97 Å². The summed E-state index contributed by atoms with van der Waals surface area (Å²) >= 11 is 10.3. The first kappa shape index (κ1) is 16.5. The Bertz CT molecular complexity index is 583.